The molecule has 0 saturated heterocycles. The van der Waals surface area contributed by atoms with E-state index in [9.17, 15) is 19.7 Å². The maximum absolute atomic E-state index is 11.6. The van der Waals surface area contributed by atoms with Crippen LogP contribution in [0.5, 0.6) is 0 Å². The molecule has 1 heterocycles. The van der Waals surface area contributed by atoms with E-state index >= 15 is 0 Å². The highest BCUT2D eigenvalue weighted by Crippen LogP contribution is 1.99. The molecule has 0 saturated carbocycles. The Morgan fingerprint density at radius 2 is 2.00 bits per heavy atom. The van der Waals surface area contributed by atoms with Gasteiger partial charge in [0, 0.05) is 11.6 Å². The molecule has 1 aromatic carbocycles. The first kappa shape index (κ1) is 15.1. The zero-order valence-electron chi connectivity index (χ0n) is 11.3. The van der Waals surface area contributed by atoms with E-state index in [2.05, 4.69) is 20.7 Å². The number of nitro groups is 1. The van der Waals surface area contributed by atoms with Gasteiger partial charge in [-0.05, 0) is 10.5 Å². The summed E-state index contributed by atoms with van der Waals surface area (Å²) in [5.74, 6) is -1.27. The second-order valence-corrected chi connectivity index (χ2v) is 4.22. The Kier molecular flexibility index (Phi) is 4.75. The summed E-state index contributed by atoms with van der Waals surface area (Å²) in [5.41, 5.74) is 0.886. The monoisotopic (exact) mass is 304 g/mol. The summed E-state index contributed by atoms with van der Waals surface area (Å²) >= 11 is 0. The quantitative estimate of drug-likeness (QED) is 0.599. The highest BCUT2D eigenvalue weighted by Gasteiger charge is 2.16. The summed E-state index contributed by atoms with van der Waals surface area (Å²) in [6.45, 7) is -0.0751. The van der Waals surface area contributed by atoms with Crippen LogP contribution in [0.2, 0.25) is 0 Å². The number of hydrogen-bond donors (Lipinski definition) is 2. The number of amides is 3. The molecule has 0 atom stereocenters. The Balaban J connectivity index is 1.78. The molecule has 0 unspecified atom stereocenters. The molecule has 0 radical (unpaired) electrons. The summed E-state index contributed by atoms with van der Waals surface area (Å²) in [7, 11) is 0. The van der Waals surface area contributed by atoms with Crippen LogP contribution in [-0.2, 0) is 17.9 Å². The van der Waals surface area contributed by atoms with Crippen molar-refractivity contribution in [1.82, 2.24) is 25.4 Å². The van der Waals surface area contributed by atoms with Gasteiger partial charge in [0.15, 0.2) is 0 Å². The minimum absolute atomic E-state index is 0.273. The molecule has 3 amide bonds. The molecule has 1 aromatic heterocycles. The van der Waals surface area contributed by atoms with Gasteiger partial charge in [-0.1, -0.05) is 35.3 Å². The second kappa shape index (κ2) is 6.92. The lowest BCUT2D eigenvalue weighted by molar-refractivity contribution is -0.394. The highest BCUT2D eigenvalue weighted by molar-refractivity contribution is 5.94. The van der Waals surface area contributed by atoms with Crippen LogP contribution in [0.4, 0.5) is 10.7 Å². The average molecular weight is 304 g/mol. The van der Waals surface area contributed by atoms with Crippen molar-refractivity contribution in [2.45, 2.75) is 13.1 Å². The van der Waals surface area contributed by atoms with E-state index in [4.69, 9.17) is 0 Å². The molecule has 2 N–H and O–H groups in total. The van der Waals surface area contributed by atoms with Gasteiger partial charge in [-0.25, -0.2) is 4.79 Å². The first-order valence-corrected chi connectivity index (χ1v) is 6.20. The van der Waals surface area contributed by atoms with Gasteiger partial charge in [-0.2, -0.15) is 4.68 Å². The van der Waals surface area contributed by atoms with E-state index in [1.165, 1.54) is 0 Å². The molecule has 10 heteroatoms. The molecule has 2 aromatic rings. The Labute approximate surface area is 124 Å². The zero-order chi connectivity index (χ0) is 15.9. The number of nitrogens with zero attached hydrogens (tertiary/aromatic N) is 4. The Morgan fingerprint density at radius 3 is 2.64 bits per heavy atom. The van der Waals surface area contributed by atoms with E-state index in [1.54, 1.807) is 0 Å². The molecule has 10 nitrogen and oxygen atoms in total. The van der Waals surface area contributed by atoms with Crippen molar-refractivity contribution in [2.24, 2.45) is 0 Å². The van der Waals surface area contributed by atoms with Crippen LogP contribution >= 0.6 is 0 Å². The fourth-order valence-corrected chi connectivity index (χ4v) is 1.58. The summed E-state index contributed by atoms with van der Waals surface area (Å²) in [6.07, 6.45) is 1.04. The Morgan fingerprint density at radius 1 is 1.27 bits per heavy atom. The van der Waals surface area contributed by atoms with Crippen molar-refractivity contribution < 1.29 is 14.5 Å². The van der Waals surface area contributed by atoms with Gasteiger partial charge < -0.3 is 15.4 Å². The van der Waals surface area contributed by atoms with Crippen molar-refractivity contribution in [3.8, 4) is 0 Å². The van der Waals surface area contributed by atoms with Crippen molar-refractivity contribution in [1.29, 1.82) is 0 Å². The third-order valence-electron chi connectivity index (χ3n) is 2.54. The first-order chi connectivity index (χ1) is 10.5. The normalized spacial score (nSPS) is 10.0. The fraction of sp³-hybridized carbons (Fsp3) is 0.167. The molecular formula is C12H12N6O4. The van der Waals surface area contributed by atoms with E-state index in [0.29, 0.717) is 0 Å². The lowest BCUT2D eigenvalue weighted by atomic mass is 10.2. The molecule has 2 rings (SSSR count). The maximum Gasteiger partial charge on any atom is 0.490 e. The third-order valence-corrected chi connectivity index (χ3v) is 2.54. The molecule has 0 bridgehead atoms. The van der Waals surface area contributed by atoms with Gasteiger partial charge in [0.1, 0.15) is 6.54 Å². The first-order valence-electron chi connectivity index (χ1n) is 6.20. The molecule has 0 aliphatic rings. The zero-order valence-corrected chi connectivity index (χ0v) is 11.3. The van der Waals surface area contributed by atoms with Crippen molar-refractivity contribution in [3.05, 3.63) is 52.3 Å². The number of imide groups is 1. The average Bonchev–Trinajstić information content (AvgIpc) is 2.95. The van der Waals surface area contributed by atoms with Crippen molar-refractivity contribution in [3.63, 3.8) is 0 Å². The molecular weight excluding hydrogens is 292 g/mol. The van der Waals surface area contributed by atoms with Gasteiger partial charge in [-0.3, -0.25) is 10.1 Å². The number of benzene rings is 1. The Hall–Kier alpha value is -3.30. The number of urea groups is 1. The third kappa shape index (κ3) is 4.37. The maximum atomic E-state index is 11.6. The topological polar surface area (TPSA) is 132 Å². The van der Waals surface area contributed by atoms with Gasteiger partial charge in [0.05, 0.1) is 0 Å². The predicted octanol–water partition coefficient (Wildman–Crippen LogP) is 0.212. The summed E-state index contributed by atoms with van der Waals surface area (Å²) in [6, 6.07) is 8.51. The second-order valence-electron chi connectivity index (χ2n) is 4.22. The van der Waals surface area contributed by atoms with E-state index < -0.39 is 22.8 Å². The molecule has 0 spiro atoms. The molecule has 22 heavy (non-hydrogen) atoms. The van der Waals surface area contributed by atoms with Gasteiger partial charge in [0.25, 0.3) is 5.91 Å². The minimum Gasteiger partial charge on any atom is -0.390 e. The van der Waals surface area contributed by atoms with E-state index in [-0.39, 0.29) is 13.1 Å². The fourth-order valence-electron chi connectivity index (χ4n) is 1.58. The van der Waals surface area contributed by atoms with Crippen LogP contribution in [0.25, 0.3) is 0 Å². The van der Waals surface area contributed by atoms with Crippen LogP contribution in [0.3, 0.4) is 0 Å². The van der Waals surface area contributed by atoms with Crippen molar-refractivity contribution >= 4 is 17.9 Å². The smallest absolute Gasteiger partial charge is 0.390 e. The standard InChI is InChI=1S/C12H12N6O4/c19-10(7-17-8-14-11(16-17)18(21)22)15-12(20)13-6-9-4-2-1-3-5-9/h1-5,8H,6-7H2,(H2,13,15,19,20). The van der Waals surface area contributed by atoms with Crippen LogP contribution in [0, 0.1) is 10.1 Å². The van der Waals surface area contributed by atoms with Gasteiger partial charge >= 0.3 is 12.0 Å². The molecule has 114 valence electrons. The van der Waals surface area contributed by atoms with Crippen LogP contribution in [0.15, 0.2) is 36.7 Å². The van der Waals surface area contributed by atoms with Crippen LogP contribution in [-0.4, -0.2) is 31.6 Å². The number of nitrogens with one attached hydrogen (secondary N) is 2. The summed E-state index contributed by atoms with van der Waals surface area (Å²) < 4.78 is 0.970. The number of rotatable bonds is 5. The molecule has 0 aliphatic carbocycles. The van der Waals surface area contributed by atoms with E-state index in [0.717, 1.165) is 16.6 Å². The number of carbonyl (C=O) groups is 2. The minimum atomic E-state index is -0.777. The van der Waals surface area contributed by atoms with Crippen LogP contribution < -0.4 is 10.6 Å². The van der Waals surface area contributed by atoms with Crippen LogP contribution in [0.1, 0.15) is 5.56 Å². The van der Waals surface area contributed by atoms with E-state index in [1.807, 2.05) is 30.3 Å². The lowest BCUT2D eigenvalue weighted by Gasteiger charge is -2.06. The van der Waals surface area contributed by atoms with Gasteiger partial charge in [0.2, 0.25) is 6.33 Å². The van der Waals surface area contributed by atoms with Gasteiger partial charge in [-0.15, -0.1) is 0 Å². The van der Waals surface area contributed by atoms with Crippen molar-refractivity contribution in [2.75, 3.05) is 0 Å². The SMILES string of the molecule is O=C(Cn1cnc([N+](=O)[O-])n1)NC(=O)NCc1ccccc1. The highest BCUT2D eigenvalue weighted by atomic mass is 16.6. The molecule has 0 aliphatic heterocycles. The molecule has 0 fully saturated rings. The number of carbonyl (C=O) groups excluding carboxylic acids is 2. The Bertz CT molecular complexity index is 684. The lowest BCUT2D eigenvalue weighted by Crippen LogP contribution is -2.40. The summed E-state index contributed by atoms with van der Waals surface area (Å²) in [5, 5.41) is 18.5. The summed E-state index contributed by atoms with van der Waals surface area (Å²) in [4.78, 5) is 36.1. The largest absolute Gasteiger partial charge is 0.490 e. The number of aromatic nitrogens is 3. The predicted molar refractivity (Wildman–Crippen MR) is 73.5 cm³/mol. The number of hydrogen-bond acceptors (Lipinski definition) is 6.